The molecule has 1 aliphatic rings. The molecule has 0 aliphatic carbocycles. The lowest BCUT2D eigenvalue weighted by atomic mass is 10.3. The Bertz CT molecular complexity index is 594. The summed E-state index contributed by atoms with van der Waals surface area (Å²) in [4.78, 5) is 2.23. The molecule has 1 unspecified atom stereocenters. The number of nitrogens with zero attached hydrogens (tertiary/aromatic N) is 1. The van der Waals surface area contributed by atoms with Gasteiger partial charge in [-0.2, -0.15) is 8.42 Å². The van der Waals surface area contributed by atoms with Crippen LogP contribution in [0.2, 0.25) is 0 Å². The summed E-state index contributed by atoms with van der Waals surface area (Å²) in [6.07, 6.45) is 0.126. The zero-order valence-corrected chi connectivity index (χ0v) is 15.8. The van der Waals surface area contributed by atoms with Crippen LogP contribution in [0, 0.1) is 0 Å². The van der Waals surface area contributed by atoms with Crippen LogP contribution in [0.25, 0.3) is 0 Å². The molecule has 1 N–H and O–H groups in total. The van der Waals surface area contributed by atoms with Gasteiger partial charge in [-0.3, -0.25) is 4.55 Å². The second kappa shape index (κ2) is 7.77. The fourth-order valence-corrected chi connectivity index (χ4v) is 3.48. The van der Waals surface area contributed by atoms with Gasteiger partial charge >= 0.3 is 10.4 Å². The molecule has 1 aromatic rings. The molecule has 21 heavy (non-hydrogen) atoms. The topological polar surface area (TPSA) is 76.1 Å². The maximum Gasteiger partial charge on any atom is 0.397 e. The SMILES string of the molecule is CCN1c2cc(Br)cc(Br)c2OC1C.CCOS(=O)(=O)O. The van der Waals surface area contributed by atoms with Gasteiger partial charge in [0, 0.05) is 11.0 Å². The van der Waals surface area contributed by atoms with E-state index >= 15 is 0 Å². The summed E-state index contributed by atoms with van der Waals surface area (Å²) in [7, 11) is -4.17. The van der Waals surface area contributed by atoms with Crippen LogP contribution in [0.3, 0.4) is 0 Å². The van der Waals surface area contributed by atoms with Crippen molar-refractivity contribution in [2.45, 2.75) is 27.0 Å². The van der Waals surface area contributed by atoms with E-state index in [2.05, 4.69) is 60.9 Å². The van der Waals surface area contributed by atoms with E-state index in [0.29, 0.717) is 0 Å². The predicted molar refractivity (Wildman–Crippen MR) is 88.1 cm³/mol. The maximum absolute atomic E-state index is 9.56. The summed E-state index contributed by atoms with van der Waals surface area (Å²) in [6.45, 7) is 6.58. The van der Waals surface area contributed by atoms with E-state index < -0.39 is 10.4 Å². The average molecular weight is 447 g/mol. The Morgan fingerprint density at radius 1 is 1.38 bits per heavy atom. The van der Waals surface area contributed by atoms with E-state index in [-0.39, 0.29) is 12.8 Å². The molecule has 0 spiro atoms. The fourth-order valence-electron chi connectivity index (χ4n) is 1.88. The Morgan fingerprint density at radius 3 is 2.43 bits per heavy atom. The first-order chi connectivity index (χ1) is 9.69. The third-order valence-corrected chi connectivity index (χ3v) is 4.21. The normalized spacial score (nSPS) is 16.9. The van der Waals surface area contributed by atoms with Crippen molar-refractivity contribution in [2.75, 3.05) is 18.1 Å². The van der Waals surface area contributed by atoms with E-state index in [1.54, 1.807) is 0 Å². The van der Waals surface area contributed by atoms with E-state index in [4.69, 9.17) is 9.29 Å². The van der Waals surface area contributed by atoms with Crippen LogP contribution in [0.5, 0.6) is 5.75 Å². The highest BCUT2D eigenvalue weighted by Gasteiger charge is 2.28. The number of hydrogen-bond acceptors (Lipinski definition) is 5. The van der Waals surface area contributed by atoms with E-state index in [1.165, 1.54) is 6.92 Å². The van der Waals surface area contributed by atoms with Crippen LogP contribution in [0.4, 0.5) is 5.69 Å². The van der Waals surface area contributed by atoms with Crippen molar-refractivity contribution in [3.63, 3.8) is 0 Å². The van der Waals surface area contributed by atoms with Gasteiger partial charge in [-0.25, -0.2) is 4.18 Å². The van der Waals surface area contributed by atoms with Crippen molar-refractivity contribution in [3.05, 3.63) is 21.1 Å². The molecule has 0 aromatic heterocycles. The smallest absolute Gasteiger partial charge is 0.397 e. The second-order valence-corrected chi connectivity index (χ2v) is 6.93. The molecular formula is C12H17Br2NO5S. The Kier molecular flexibility index (Phi) is 6.92. The Labute approximate surface area is 141 Å². The second-order valence-electron chi connectivity index (χ2n) is 4.07. The predicted octanol–water partition coefficient (Wildman–Crippen LogP) is 3.60. The monoisotopic (exact) mass is 445 g/mol. The molecule has 0 radical (unpaired) electrons. The van der Waals surface area contributed by atoms with Crippen LogP contribution < -0.4 is 9.64 Å². The largest absolute Gasteiger partial charge is 0.467 e. The molecular weight excluding hydrogens is 430 g/mol. The molecule has 1 heterocycles. The number of anilines is 1. The van der Waals surface area contributed by atoms with Gasteiger partial charge in [-0.05, 0) is 48.8 Å². The quantitative estimate of drug-likeness (QED) is 0.714. The number of fused-ring (bicyclic) bond motifs is 1. The molecule has 0 amide bonds. The van der Waals surface area contributed by atoms with Gasteiger partial charge in [0.25, 0.3) is 0 Å². The number of halogens is 2. The Morgan fingerprint density at radius 2 is 2.00 bits per heavy atom. The average Bonchev–Trinajstić information content (AvgIpc) is 2.64. The summed E-state index contributed by atoms with van der Waals surface area (Å²) in [5.41, 5.74) is 1.15. The van der Waals surface area contributed by atoms with Crippen LogP contribution in [0.1, 0.15) is 20.8 Å². The Hall–Kier alpha value is -0.350. The van der Waals surface area contributed by atoms with Gasteiger partial charge in [0.1, 0.15) is 0 Å². The van der Waals surface area contributed by atoms with Crippen molar-refractivity contribution in [2.24, 2.45) is 0 Å². The molecule has 6 nitrogen and oxygen atoms in total. The molecule has 120 valence electrons. The standard InChI is InChI=1S/C10H11Br2NO.C2H6O4S/c1-3-13-6(2)14-10-8(12)4-7(11)5-9(10)13;1-2-6-7(3,4)5/h4-6H,3H2,1-2H3;2H2,1H3,(H,3,4,5). The van der Waals surface area contributed by atoms with Crippen LogP contribution in [-0.4, -0.2) is 32.4 Å². The van der Waals surface area contributed by atoms with Gasteiger partial charge < -0.3 is 9.64 Å². The van der Waals surface area contributed by atoms with Crippen LogP contribution in [0.15, 0.2) is 21.1 Å². The maximum atomic E-state index is 9.56. The number of benzene rings is 1. The third-order valence-electron chi connectivity index (χ3n) is 2.63. The summed E-state index contributed by atoms with van der Waals surface area (Å²) < 4.78 is 38.5. The van der Waals surface area contributed by atoms with Gasteiger partial charge in [0.05, 0.1) is 16.8 Å². The van der Waals surface area contributed by atoms with E-state index in [1.807, 2.05) is 6.07 Å². The van der Waals surface area contributed by atoms with Crippen molar-refractivity contribution in [1.82, 2.24) is 0 Å². The summed E-state index contributed by atoms with van der Waals surface area (Å²) in [5, 5.41) is 0. The first kappa shape index (κ1) is 18.7. The highest BCUT2D eigenvalue weighted by molar-refractivity contribution is 9.11. The molecule has 0 saturated heterocycles. The molecule has 0 fully saturated rings. The molecule has 9 heteroatoms. The molecule has 0 bridgehead atoms. The summed E-state index contributed by atoms with van der Waals surface area (Å²) in [5.74, 6) is 0.947. The number of rotatable bonds is 3. The highest BCUT2D eigenvalue weighted by Crippen LogP contribution is 2.44. The lowest BCUT2D eigenvalue weighted by Gasteiger charge is -2.19. The van der Waals surface area contributed by atoms with Crippen molar-refractivity contribution >= 4 is 47.9 Å². The molecule has 1 aromatic carbocycles. The highest BCUT2D eigenvalue weighted by atomic mass is 79.9. The van der Waals surface area contributed by atoms with Gasteiger partial charge in [-0.15, -0.1) is 0 Å². The van der Waals surface area contributed by atoms with Crippen molar-refractivity contribution < 1.29 is 21.9 Å². The minimum atomic E-state index is -4.17. The lowest BCUT2D eigenvalue weighted by Crippen LogP contribution is -2.31. The minimum absolute atomic E-state index is 0.0289. The van der Waals surface area contributed by atoms with Crippen molar-refractivity contribution in [1.29, 1.82) is 0 Å². The van der Waals surface area contributed by atoms with Crippen LogP contribution in [-0.2, 0) is 14.6 Å². The zero-order valence-electron chi connectivity index (χ0n) is 11.8. The molecule has 2 rings (SSSR count). The van der Waals surface area contributed by atoms with E-state index in [9.17, 15) is 8.42 Å². The zero-order chi connectivity index (χ0) is 16.2. The summed E-state index contributed by atoms with van der Waals surface area (Å²) in [6, 6.07) is 4.10. The van der Waals surface area contributed by atoms with Gasteiger partial charge in [0.15, 0.2) is 12.0 Å². The number of hydrogen-bond donors (Lipinski definition) is 1. The summed E-state index contributed by atoms with van der Waals surface area (Å²) >= 11 is 6.98. The molecule has 0 saturated carbocycles. The first-order valence-corrected chi connectivity index (χ1v) is 9.18. The molecule has 1 aliphatic heterocycles. The van der Waals surface area contributed by atoms with Crippen LogP contribution >= 0.6 is 31.9 Å². The van der Waals surface area contributed by atoms with Gasteiger partial charge in [-0.1, -0.05) is 15.9 Å². The lowest BCUT2D eigenvalue weighted by molar-refractivity contribution is 0.245. The minimum Gasteiger partial charge on any atom is -0.467 e. The Balaban J connectivity index is 0.000000270. The van der Waals surface area contributed by atoms with Crippen molar-refractivity contribution in [3.8, 4) is 5.75 Å². The molecule has 1 atom stereocenters. The fraction of sp³-hybridized carbons (Fsp3) is 0.500. The third kappa shape index (κ3) is 5.41. The van der Waals surface area contributed by atoms with E-state index in [0.717, 1.165) is 26.9 Å². The number of ether oxygens (including phenoxy) is 1. The first-order valence-electron chi connectivity index (χ1n) is 6.23. The van der Waals surface area contributed by atoms with Gasteiger partial charge in [0.2, 0.25) is 0 Å².